The summed E-state index contributed by atoms with van der Waals surface area (Å²) in [6, 6.07) is 16.9. The van der Waals surface area contributed by atoms with Crippen LogP contribution in [-0.2, 0) is 10.9 Å². The summed E-state index contributed by atoms with van der Waals surface area (Å²) < 4.78 is 44.1. The van der Waals surface area contributed by atoms with Gasteiger partial charge in [0.05, 0.1) is 5.56 Å². The minimum absolute atomic E-state index is 0.0382. The van der Waals surface area contributed by atoms with Gasteiger partial charge in [-0.15, -0.1) is 0 Å². The van der Waals surface area contributed by atoms with Gasteiger partial charge in [0.15, 0.2) is 0 Å². The Bertz CT molecular complexity index is 1200. The zero-order valence-corrected chi connectivity index (χ0v) is 17.4. The first-order chi connectivity index (χ1) is 15.8. The summed E-state index contributed by atoms with van der Waals surface area (Å²) in [5.41, 5.74) is 8.86. The highest BCUT2D eigenvalue weighted by molar-refractivity contribution is 5.79. The average Bonchev–Trinajstić information content (AvgIpc) is 3.11. The molecule has 1 amide bonds. The largest absolute Gasteiger partial charge is 0.449 e. The van der Waals surface area contributed by atoms with E-state index in [1.54, 1.807) is 0 Å². The fourth-order valence-electron chi connectivity index (χ4n) is 3.81. The number of carbonyl (C=O) groups is 1. The van der Waals surface area contributed by atoms with E-state index in [4.69, 9.17) is 10.5 Å². The van der Waals surface area contributed by atoms with Crippen molar-refractivity contribution in [1.29, 1.82) is 0 Å². The normalized spacial score (nSPS) is 12.3. The lowest BCUT2D eigenvalue weighted by molar-refractivity contribution is -0.137. The van der Waals surface area contributed by atoms with Gasteiger partial charge in [-0.3, -0.25) is 0 Å². The molecule has 2 aromatic carbocycles. The third-order valence-corrected chi connectivity index (χ3v) is 5.32. The van der Waals surface area contributed by atoms with Crippen LogP contribution in [0, 0.1) is 11.8 Å². The van der Waals surface area contributed by atoms with Crippen molar-refractivity contribution in [2.45, 2.75) is 18.5 Å². The second-order valence-corrected chi connectivity index (χ2v) is 7.46. The molecule has 1 aromatic heterocycles. The van der Waals surface area contributed by atoms with Crippen LogP contribution in [0.2, 0.25) is 0 Å². The maximum Gasteiger partial charge on any atom is 0.419 e. The Labute approximate surface area is 188 Å². The topological polar surface area (TPSA) is 77.2 Å². The summed E-state index contributed by atoms with van der Waals surface area (Å²) in [7, 11) is 0. The standard InChI is InChI=1S/C25H20F3N3O2/c26-25(27,28)22-13-16(14-31-23(22)29)7-5-6-12-30-24(32)33-15-21-19-10-3-1-8-17(19)18-9-2-4-11-20(18)21/h1-4,8-11,13-14,21H,6,12,15H2,(H2,29,31)(H,30,32). The first-order valence-electron chi connectivity index (χ1n) is 10.2. The number of nitrogens with zero attached hydrogens (tertiary/aromatic N) is 1. The molecule has 0 radical (unpaired) electrons. The summed E-state index contributed by atoms with van der Waals surface area (Å²) in [5, 5.41) is 2.61. The number of hydrogen-bond donors (Lipinski definition) is 2. The number of halogens is 3. The van der Waals surface area contributed by atoms with Crippen LogP contribution in [0.15, 0.2) is 60.8 Å². The van der Waals surface area contributed by atoms with Crippen LogP contribution in [0.25, 0.3) is 11.1 Å². The maximum atomic E-state index is 12.9. The summed E-state index contributed by atoms with van der Waals surface area (Å²) in [4.78, 5) is 15.7. The molecule has 3 aromatic rings. The lowest BCUT2D eigenvalue weighted by Gasteiger charge is -2.14. The Morgan fingerprint density at radius 2 is 1.73 bits per heavy atom. The number of rotatable bonds is 4. The molecule has 1 heterocycles. The molecule has 0 unspecified atom stereocenters. The van der Waals surface area contributed by atoms with Crippen molar-refractivity contribution < 1.29 is 22.7 Å². The number of aromatic nitrogens is 1. The number of fused-ring (bicyclic) bond motifs is 3. The van der Waals surface area contributed by atoms with Crippen LogP contribution in [0.1, 0.15) is 34.6 Å². The molecule has 5 nitrogen and oxygen atoms in total. The van der Waals surface area contributed by atoms with Gasteiger partial charge >= 0.3 is 12.3 Å². The minimum atomic E-state index is -4.60. The Morgan fingerprint density at radius 3 is 2.36 bits per heavy atom. The molecule has 0 bridgehead atoms. The van der Waals surface area contributed by atoms with E-state index in [0.717, 1.165) is 28.3 Å². The second-order valence-electron chi connectivity index (χ2n) is 7.46. The summed E-state index contributed by atoms with van der Waals surface area (Å²) in [6.07, 6.45) is -3.76. The Kier molecular flexibility index (Phi) is 6.22. The predicted octanol–water partition coefficient (Wildman–Crippen LogP) is 4.96. The lowest BCUT2D eigenvalue weighted by Crippen LogP contribution is -2.26. The van der Waals surface area contributed by atoms with Crippen molar-refractivity contribution >= 4 is 11.9 Å². The van der Waals surface area contributed by atoms with Crippen molar-refractivity contribution in [1.82, 2.24) is 10.3 Å². The molecule has 1 aliphatic carbocycles. The number of anilines is 1. The first kappa shape index (κ1) is 22.2. The number of amides is 1. The molecule has 0 saturated carbocycles. The number of alkyl carbamates (subject to hydrolysis) is 1. The van der Waals surface area contributed by atoms with Gasteiger partial charge in [0, 0.05) is 30.6 Å². The maximum absolute atomic E-state index is 12.9. The van der Waals surface area contributed by atoms with Crippen LogP contribution < -0.4 is 11.1 Å². The molecular weight excluding hydrogens is 431 g/mol. The van der Waals surface area contributed by atoms with Crippen LogP contribution in [0.3, 0.4) is 0 Å². The van der Waals surface area contributed by atoms with Gasteiger partial charge in [-0.25, -0.2) is 9.78 Å². The molecule has 1 aliphatic rings. The van der Waals surface area contributed by atoms with E-state index in [9.17, 15) is 18.0 Å². The monoisotopic (exact) mass is 451 g/mol. The van der Waals surface area contributed by atoms with Crippen LogP contribution in [0.4, 0.5) is 23.8 Å². The third kappa shape index (κ3) is 4.93. The molecule has 8 heteroatoms. The van der Waals surface area contributed by atoms with Gasteiger partial charge in [-0.1, -0.05) is 60.4 Å². The fraction of sp³-hybridized carbons (Fsp3) is 0.200. The zero-order valence-electron chi connectivity index (χ0n) is 17.4. The van der Waals surface area contributed by atoms with Gasteiger partial charge < -0.3 is 15.8 Å². The number of carbonyl (C=O) groups excluding carboxylic acids is 1. The molecular formula is C25H20F3N3O2. The first-order valence-corrected chi connectivity index (χ1v) is 10.2. The van der Waals surface area contributed by atoms with E-state index in [1.165, 1.54) is 6.20 Å². The minimum Gasteiger partial charge on any atom is -0.449 e. The zero-order chi connectivity index (χ0) is 23.4. The number of benzene rings is 2. The van der Waals surface area contributed by atoms with Crippen LogP contribution >= 0.6 is 0 Å². The third-order valence-electron chi connectivity index (χ3n) is 5.32. The van der Waals surface area contributed by atoms with E-state index in [2.05, 4.69) is 34.3 Å². The molecule has 33 heavy (non-hydrogen) atoms. The molecule has 0 saturated heterocycles. The van der Waals surface area contributed by atoms with Crippen molar-refractivity contribution in [2.24, 2.45) is 0 Å². The SMILES string of the molecule is Nc1ncc(C#CCCNC(=O)OCC2c3ccccc3-c3ccccc32)cc1C(F)(F)F. The number of nitrogens with one attached hydrogen (secondary N) is 1. The van der Waals surface area contributed by atoms with Gasteiger partial charge in [0.25, 0.3) is 0 Å². The van der Waals surface area contributed by atoms with Crippen molar-refractivity contribution in [3.63, 3.8) is 0 Å². The number of nitrogen functional groups attached to an aromatic ring is 1. The van der Waals surface area contributed by atoms with Gasteiger partial charge in [-0.05, 0) is 28.3 Å². The van der Waals surface area contributed by atoms with E-state index in [-0.39, 0.29) is 31.1 Å². The lowest BCUT2D eigenvalue weighted by atomic mass is 9.98. The number of alkyl halides is 3. The molecule has 3 N–H and O–H groups in total. The highest BCUT2D eigenvalue weighted by Crippen LogP contribution is 2.44. The number of hydrogen-bond acceptors (Lipinski definition) is 4. The van der Waals surface area contributed by atoms with E-state index >= 15 is 0 Å². The van der Waals surface area contributed by atoms with Crippen molar-refractivity contribution in [3.8, 4) is 23.0 Å². The highest BCUT2D eigenvalue weighted by Gasteiger charge is 2.34. The van der Waals surface area contributed by atoms with E-state index < -0.39 is 23.7 Å². The Balaban J connectivity index is 1.29. The smallest absolute Gasteiger partial charge is 0.419 e. The van der Waals surface area contributed by atoms with E-state index in [0.29, 0.717) is 0 Å². The van der Waals surface area contributed by atoms with Gasteiger partial charge in [0.2, 0.25) is 0 Å². The number of nitrogens with two attached hydrogens (primary N) is 1. The molecule has 0 atom stereocenters. The quantitative estimate of drug-likeness (QED) is 0.434. The Morgan fingerprint density at radius 1 is 1.09 bits per heavy atom. The second kappa shape index (κ2) is 9.25. The summed E-state index contributed by atoms with van der Waals surface area (Å²) in [5.74, 6) is 4.68. The number of pyridine rings is 1. The van der Waals surface area contributed by atoms with E-state index in [1.807, 2.05) is 36.4 Å². The molecule has 4 rings (SSSR count). The van der Waals surface area contributed by atoms with Crippen molar-refractivity contribution in [2.75, 3.05) is 18.9 Å². The molecule has 0 aliphatic heterocycles. The molecule has 0 fully saturated rings. The van der Waals surface area contributed by atoms with Gasteiger partial charge in [-0.2, -0.15) is 13.2 Å². The predicted molar refractivity (Wildman–Crippen MR) is 118 cm³/mol. The van der Waals surface area contributed by atoms with Crippen LogP contribution in [0.5, 0.6) is 0 Å². The fourth-order valence-corrected chi connectivity index (χ4v) is 3.81. The van der Waals surface area contributed by atoms with Crippen molar-refractivity contribution in [3.05, 3.63) is 83.0 Å². The highest BCUT2D eigenvalue weighted by atomic mass is 19.4. The van der Waals surface area contributed by atoms with Crippen LogP contribution in [-0.4, -0.2) is 24.2 Å². The Hall–Kier alpha value is -3.99. The van der Waals surface area contributed by atoms with Gasteiger partial charge in [0.1, 0.15) is 12.4 Å². The molecule has 168 valence electrons. The molecule has 0 spiro atoms. The summed E-state index contributed by atoms with van der Waals surface area (Å²) >= 11 is 0. The summed E-state index contributed by atoms with van der Waals surface area (Å²) in [6.45, 7) is 0.390. The number of ether oxygens (including phenoxy) is 1. The average molecular weight is 451 g/mol.